The minimum Gasteiger partial charge on any atom is -0.497 e. The molecule has 2 rings (SSSR count). The van der Waals surface area contributed by atoms with E-state index in [4.69, 9.17) is 9.47 Å². The molecule has 1 aliphatic rings. The van der Waals surface area contributed by atoms with Crippen LogP contribution in [0.5, 0.6) is 5.75 Å². The van der Waals surface area contributed by atoms with Crippen molar-refractivity contribution in [2.45, 2.75) is 63.9 Å². The van der Waals surface area contributed by atoms with Gasteiger partial charge in [0.05, 0.1) is 12.5 Å². The van der Waals surface area contributed by atoms with Crippen molar-refractivity contribution >= 4 is 5.97 Å². The minimum atomic E-state index is -0.512. The van der Waals surface area contributed by atoms with Crippen LogP contribution in [0, 0.1) is 0 Å². The average molecular weight is 290 g/mol. The topological polar surface area (TPSA) is 35.5 Å². The summed E-state index contributed by atoms with van der Waals surface area (Å²) in [6.45, 7) is 4.19. The third kappa shape index (κ3) is 3.58. The molecule has 1 heterocycles. The molecule has 1 aromatic rings. The molecule has 0 saturated carbocycles. The van der Waals surface area contributed by atoms with Crippen molar-refractivity contribution < 1.29 is 14.3 Å². The van der Waals surface area contributed by atoms with Gasteiger partial charge in [-0.3, -0.25) is 4.79 Å². The lowest BCUT2D eigenvalue weighted by Gasteiger charge is -2.19. The SMILES string of the molecule is CCCCCC[C@@H]1C[C@@](C)(c2ccc(OC)cc2)C(=O)O1. The summed E-state index contributed by atoms with van der Waals surface area (Å²) in [6, 6.07) is 7.75. The van der Waals surface area contributed by atoms with Crippen LogP contribution in [0.4, 0.5) is 0 Å². The Kier molecular flexibility index (Phi) is 5.27. The molecule has 0 aliphatic carbocycles. The molecule has 1 fully saturated rings. The lowest BCUT2D eigenvalue weighted by molar-refractivity contribution is -0.145. The first-order valence-electron chi connectivity index (χ1n) is 7.95. The summed E-state index contributed by atoms with van der Waals surface area (Å²) < 4.78 is 10.8. The Bertz CT molecular complexity index is 466. The Hall–Kier alpha value is -1.51. The van der Waals surface area contributed by atoms with E-state index in [2.05, 4.69) is 6.92 Å². The zero-order valence-corrected chi connectivity index (χ0v) is 13.4. The molecular formula is C18H26O3. The fourth-order valence-corrected chi connectivity index (χ4v) is 3.02. The van der Waals surface area contributed by atoms with Gasteiger partial charge in [0.25, 0.3) is 0 Å². The Morgan fingerprint density at radius 3 is 2.57 bits per heavy atom. The van der Waals surface area contributed by atoms with E-state index >= 15 is 0 Å². The standard InChI is InChI=1S/C18H26O3/c1-4-5-6-7-8-16-13-18(2,17(19)21-16)14-9-11-15(20-3)12-10-14/h9-12,16H,4-8,13H2,1-3H3/t16-,18+/m1/s1. The van der Waals surface area contributed by atoms with Crippen LogP contribution in [-0.4, -0.2) is 19.2 Å². The molecule has 0 bridgehead atoms. The Balaban J connectivity index is 1.99. The number of ether oxygens (including phenoxy) is 2. The highest BCUT2D eigenvalue weighted by atomic mass is 16.6. The predicted molar refractivity (Wildman–Crippen MR) is 83.6 cm³/mol. The normalized spacial score (nSPS) is 24.9. The third-order valence-corrected chi connectivity index (χ3v) is 4.47. The van der Waals surface area contributed by atoms with E-state index in [0.29, 0.717) is 0 Å². The summed E-state index contributed by atoms with van der Waals surface area (Å²) in [5, 5.41) is 0. The van der Waals surface area contributed by atoms with Crippen molar-refractivity contribution in [1.82, 2.24) is 0 Å². The van der Waals surface area contributed by atoms with Crippen LogP contribution in [0.25, 0.3) is 0 Å². The molecule has 1 aliphatic heterocycles. The van der Waals surface area contributed by atoms with E-state index in [-0.39, 0.29) is 12.1 Å². The molecule has 0 amide bonds. The molecule has 0 unspecified atom stereocenters. The Labute approximate surface area is 127 Å². The first-order chi connectivity index (χ1) is 10.1. The van der Waals surface area contributed by atoms with Gasteiger partial charge < -0.3 is 9.47 Å². The molecule has 0 radical (unpaired) electrons. The number of methoxy groups -OCH3 is 1. The maximum atomic E-state index is 12.3. The van der Waals surface area contributed by atoms with E-state index in [1.54, 1.807) is 7.11 Å². The molecule has 0 spiro atoms. The summed E-state index contributed by atoms with van der Waals surface area (Å²) in [5.41, 5.74) is 0.506. The molecule has 0 N–H and O–H groups in total. The van der Waals surface area contributed by atoms with Crippen molar-refractivity contribution in [2.75, 3.05) is 7.11 Å². The molecule has 0 aromatic heterocycles. The van der Waals surface area contributed by atoms with E-state index in [1.165, 1.54) is 19.3 Å². The van der Waals surface area contributed by atoms with Crippen LogP contribution in [0.1, 0.15) is 57.9 Å². The molecular weight excluding hydrogens is 264 g/mol. The first-order valence-corrected chi connectivity index (χ1v) is 7.95. The highest BCUT2D eigenvalue weighted by Gasteiger charge is 2.46. The zero-order valence-electron chi connectivity index (χ0n) is 13.4. The van der Waals surface area contributed by atoms with Crippen LogP contribution in [0.3, 0.4) is 0 Å². The number of carbonyl (C=O) groups excluding carboxylic acids is 1. The summed E-state index contributed by atoms with van der Waals surface area (Å²) in [5.74, 6) is 0.720. The van der Waals surface area contributed by atoms with E-state index in [9.17, 15) is 4.79 Å². The molecule has 1 aromatic carbocycles. The van der Waals surface area contributed by atoms with Crippen LogP contribution in [0.2, 0.25) is 0 Å². The lowest BCUT2D eigenvalue weighted by Crippen LogP contribution is -2.27. The number of carbonyl (C=O) groups is 1. The fraction of sp³-hybridized carbons (Fsp3) is 0.611. The van der Waals surface area contributed by atoms with Gasteiger partial charge in [-0.1, -0.05) is 38.3 Å². The highest BCUT2D eigenvalue weighted by Crippen LogP contribution is 2.39. The average Bonchev–Trinajstić information content (AvgIpc) is 2.80. The number of rotatable bonds is 7. The highest BCUT2D eigenvalue weighted by molar-refractivity contribution is 5.84. The van der Waals surface area contributed by atoms with Crippen LogP contribution in [-0.2, 0) is 14.9 Å². The first kappa shape index (κ1) is 15.9. The molecule has 1 saturated heterocycles. The predicted octanol–water partition coefficient (Wildman–Crippen LogP) is 4.24. The van der Waals surface area contributed by atoms with Gasteiger partial charge in [0, 0.05) is 6.42 Å². The summed E-state index contributed by atoms with van der Waals surface area (Å²) >= 11 is 0. The molecule has 21 heavy (non-hydrogen) atoms. The molecule has 3 nitrogen and oxygen atoms in total. The molecule has 3 heteroatoms. The smallest absolute Gasteiger partial charge is 0.316 e. The van der Waals surface area contributed by atoms with Gasteiger partial charge in [-0.2, -0.15) is 0 Å². The van der Waals surface area contributed by atoms with Crippen molar-refractivity contribution in [3.8, 4) is 5.75 Å². The van der Waals surface area contributed by atoms with Crippen LogP contribution in [0.15, 0.2) is 24.3 Å². The summed E-state index contributed by atoms with van der Waals surface area (Å²) in [4.78, 5) is 12.3. The van der Waals surface area contributed by atoms with Crippen molar-refractivity contribution in [3.05, 3.63) is 29.8 Å². The maximum absolute atomic E-state index is 12.3. The largest absolute Gasteiger partial charge is 0.497 e. The van der Waals surface area contributed by atoms with E-state index in [0.717, 1.165) is 30.6 Å². The van der Waals surface area contributed by atoms with Gasteiger partial charge in [-0.25, -0.2) is 0 Å². The third-order valence-electron chi connectivity index (χ3n) is 4.47. The second-order valence-corrected chi connectivity index (χ2v) is 6.14. The van der Waals surface area contributed by atoms with Gasteiger partial charge in [-0.05, 0) is 37.5 Å². The number of hydrogen-bond acceptors (Lipinski definition) is 3. The number of esters is 1. The number of cyclic esters (lactones) is 1. The number of hydrogen-bond donors (Lipinski definition) is 0. The summed E-state index contributed by atoms with van der Waals surface area (Å²) in [7, 11) is 1.65. The second kappa shape index (κ2) is 6.97. The van der Waals surface area contributed by atoms with Crippen LogP contribution >= 0.6 is 0 Å². The van der Waals surface area contributed by atoms with Gasteiger partial charge in [0.1, 0.15) is 11.9 Å². The Morgan fingerprint density at radius 2 is 1.95 bits per heavy atom. The second-order valence-electron chi connectivity index (χ2n) is 6.14. The monoisotopic (exact) mass is 290 g/mol. The van der Waals surface area contributed by atoms with Crippen LogP contribution < -0.4 is 4.74 Å². The zero-order chi connectivity index (χ0) is 15.3. The maximum Gasteiger partial charge on any atom is 0.316 e. The van der Waals surface area contributed by atoms with Crippen molar-refractivity contribution in [1.29, 1.82) is 0 Å². The minimum absolute atomic E-state index is 0.0708. The lowest BCUT2D eigenvalue weighted by atomic mass is 9.79. The van der Waals surface area contributed by atoms with Gasteiger partial charge in [0.2, 0.25) is 0 Å². The quantitative estimate of drug-likeness (QED) is 0.556. The van der Waals surface area contributed by atoms with Crippen molar-refractivity contribution in [2.24, 2.45) is 0 Å². The Morgan fingerprint density at radius 1 is 1.24 bits per heavy atom. The van der Waals surface area contributed by atoms with E-state index < -0.39 is 5.41 Å². The van der Waals surface area contributed by atoms with Gasteiger partial charge >= 0.3 is 5.97 Å². The van der Waals surface area contributed by atoms with Crippen molar-refractivity contribution in [3.63, 3.8) is 0 Å². The fourth-order valence-electron chi connectivity index (χ4n) is 3.02. The summed E-state index contributed by atoms with van der Waals surface area (Å²) in [6.07, 6.45) is 6.70. The molecule has 2 atom stereocenters. The van der Waals surface area contributed by atoms with Gasteiger partial charge in [0.15, 0.2) is 0 Å². The van der Waals surface area contributed by atoms with Gasteiger partial charge in [-0.15, -0.1) is 0 Å². The molecule has 116 valence electrons. The van der Waals surface area contributed by atoms with E-state index in [1.807, 2.05) is 31.2 Å². The number of benzene rings is 1. The number of unbranched alkanes of at least 4 members (excludes halogenated alkanes) is 3.